The number of benzene rings is 3. The first-order valence-electron chi connectivity index (χ1n) is 8.85. The van der Waals surface area contributed by atoms with E-state index in [0.29, 0.717) is 6.42 Å². The molecule has 0 amide bonds. The number of aliphatic carboxylic acids is 1. The van der Waals surface area contributed by atoms with Crippen molar-refractivity contribution in [3.63, 3.8) is 0 Å². The molecular formula is C22H24O2. The maximum absolute atomic E-state index is 10.5. The molecule has 0 heterocycles. The lowest BCUT2D eigenvalue weighted by molar-refractivity contribution is -0.137. The third kappa shape index (κ3) is 4.35. The summed E-state index contributed by atoms with van der Waals surface area (Å²) in [6, 6.07) is 19.8. The molecule has 3 aromatic carbocycles. The van der Waals surface area contributed by atoms with Gasteiger partial charge < -0.3 is 5.11 Å². The fraction of sp³-hybridized carbons (Fsp3) is 0.318. The van der Waals surface area contributed by atoms with Crippen LogP contribution in [-0.2, 0) is 11.2 Å². The first-order valence-corrected chi connectivity index (χ1v) is 8.85. The van der Waals surface area contributed by atoms with Crippen molar-refractivity contribution in [2.45, 2.75) is 44.9 Å². The molecule has 0 spiro atoms. The summed E-state index contributed by atoms with van der Waals surface area (Å²) in [5, 5.41) is 13.8. The molecule has 124 valence electrons. The second-order valence-corrected chi connectivity index (χ2v) is 6.54. The number of aryl methyl sites for hydroxylation is 1. The number of carboxylic acids is 1. The van der Waals surface area contributed by atoms with E-state index in [0.717, 1.165) is 25.7 Å². The summed E-state index contributed by atoms with van der Waals surface area (Å²) in [6.07, 6.45) is 6.71. The topological polar surface area (TPSA) is 37.3 Å². The van der Waals surface area contributed by atoms with Crippen LogP contribution in [0.25, 0.3) is 21.5 Å². The van der Waals surface area contributed by atoms with Gasteiger partial charge in [0.05, 0.1) is 0 Å². The zero-order valence-corrected chi connectivity index (χ0v) is 14.0. The Kier molecular flexibility index (Phi) is 5.47. The van der Waals surface area contributed by atoms with E-state index in [-0.39, 0.29) is 0 Å². The minimum absolute atomic E-state index is 0.304. The normalized spacial score (nSPS) is 11.2. The van der Waals surface area contributed by atoms with Gasteiger partial charge in [0.15, 0.2) is 0 Å². The maximum atomic E-state index is 10.5. The molecule has 0 unspecified atom stereocenters. The van der Waals surface area contributed by atoms with E-state index in [9.17, 15) is 4.79 Å². The Morgan fingerprint density at radius 2 is 1.33 bits per heavy atom. The number of hydrogen-bond acceptors (Lipinski definition) is 1. The van der Waals surface area contributed by atoms with Crippen LogP contribution in [0.3, 0.4) is 0 Å². The summed E-state index contributed by atoms with van der Waals surface area (Å²) >= 11 is 0. The first kappa shape index (κ1) is 16.5. The predicted octanol–water partition coefficient (Wildman–Crippen LogP) is 5.96. The van der Waals surface area contributed by atoms with Gasteiger partial charge in [-0.2, -0.15) is 0 Å². The van der Waals surface area contributed by atoms with Crippen molar-refractivity contribution < 1.29 is 9.90 Å². The molecular weight excluding hydrogens is 296 g/mol. The van der Waals surface area contributed by atoms with Gasteiger partial charge in [-0.25, -0.2) is 0 Å². The van der Waals surface area contributed by atoms with E-state index in [4.69, 9.17) is 5.11 Å². The molecule has 3 aromatic rings. The zero-order chi connectivity index (χ0) is 16.8. The fourth-order valence-corrected chi connectivity index (χ4v) is 3.28. The SMILES string of the molecule is O=C(O)CCCCCCCc1ccc2cc3ccccc3cc2c1. The van der Waals surface area contributed by atoms with E-state index >= 15 is 0 Å². The summed E-state index contributed by atoms with van der Waals surface area (Å²) in [6.45, 7) is 0. The Labute approximate surface area is 143 Å². The molecule has 0 aliphatic rings. The highest BCUT2D eigenvalue weighted by Crippen LogP contribution is 2.24. The minimum atomic E-state index is -0.682. The Balaban J connectivity index is 1.55. The van der Waals surface area contributed by atoms with Gasteiger partial charge in [-0.3, -0.25) is 4.79 Å². The van der Waals surface area contributed by atoms with Gasteiger partial charge in [-0.05, 0) is 58.5 Å². The van der Waals surface area contributed by atoms with Gasteiger partial charge in [0.2, 0.25) is 0 Å². The predicted molar refractivity (Wildman–Crippen MR) is 100 cm³/mol. The summed E-state index contributed by atoms with van der Waals surface area (Å²) in [5.74, 6) is -0.682. The third-order valence-electron chi connectivity index (χ3n) is 4.63. The van der Waals surface area contributed by atoms with E-state index in [1.165, 1.54) is 39.9 Å². The van der Waals surface area contributed by atoms with E-state index in [2.05, 4.69) is 54.6 Å². The van der Waals surface area contributed by atoms with E-state index in [1.54, 1.807) is 0 Å². The van der Waals surface area contributed by atoms with Crippen LogP contribution in [0.1, 0.15) is 44.1 Å². The standard InChI is InChI=1S/C22H24O2/c23-22(24)11-5-3-1-2-4-8-17-12-13-20-15-18-9-6-7-10-19(18)16-21(20)14-17/h6-7,9-10,12-16H,1-5,8,11H2,(H,23,24). The lowest BCUT2D eigenvalue weighted by atomic mass is 9.99. The Morgan fingerprint density at radius 1 is 0.708 bits per heavy atom. The molecule has 2 heteroatoms. The monoisotopic (exact) mass is 320 g/mol. The second-order valence-electron chi connectivity index (χ2n) is 6.54. The molecule has 2 nitrogen and oxygen atoms in total. The van der Waals surface area contributed by atoms with Crippen LogP contribution in [0.15, 0.2) is 54.6 Å². The van der Waals surface area contributed by atoms with E-state index < -0.39 is 5.97 Å². The van der Waals surface area contributed by atoms with Crippen molar-refractivity contribution in [1.82, 2.24) is 0 Å². The van der Waals surface area contributed by atoms with Gasteiger partial charge in [0, 0.05) is 6.42 Å². The van der Waals surface area contributed by atoms with Crippen molar-refractivity contribution in [2.75, 3.05) is 0 Å². The maximum Gasteiger partial charge on any atom is 0.303 e. The van der Waals surface area contributed by atoms with Crippen molar-refractivity contribution >= 4 is 27.5 Å². The molecule has 0 fully saturated rings. The van der Waals surface area contributed by atoms with E-state index in [1.807, 2.05) is 0 Å². The van der Waals surface area contributed by atoms with Crippen LogP contribution >= 0.6 is 0 Å². The smallest absolute Gasteiger partial charge is 0.303 e. The molecule has 0 aromatic heterocycles. The van der Waals surface area contributed by atoms with Gasteiger partial charge in [-0.15, -0.1) is 0 Å². The number of carboxylic acid groups (broad SMARTS) is 1. The first-order chi connectivity index (χ1) is 11.7. The molecule has 0 aliphatic heterocycles. The quantitative estimate of drug-likeness (QED) is 0.410. The summed E-state index contributed by atoms with van der Waals surface area (Å²) in [4.78, 5) is 10.5. The van der Waals surface area contributed by atoms with Crippen molar-refractivity contribution in [3.05, 3.63) is 60.2 Å². The zero-order valence-electron chi connectivity index (χ0n) is 14.0. The highest BCUT2D eigenvalue weighted by Gasteiger charge is 2.01. The second kappa shape index (κ2) is 7.96. The molecule has 0 saturated heterocycles. The van der Waals surface area contributed by atoms with Crippen molar-refractivity contribution in [2.24, 2.45) is 0 Å². The van der Waals surface area contributed by atoms with Crippen molar-refractivity contribution in [3.8, 4) is 0 Å². The number of rotatable bonds is 8. The molecule has 0 aliphatic carbocycles. The largest absolute Gasteiger partial charge is 0.481 e. The Hall–Kier alpha value is -2.35. The summed E-state index contributed by atoms with van der Waals surface area (Å²) in [7, 11) is 0. The van der Waals surface area contributed by atoms with Gasteiger partial charge >= 0.3 is 5.97 Å². The Bertz CT molecular complexity index is 836. The van der Waals surface area contributed by atoms with Gasteiger partial charge in [0.1, 0.15) is 0 Å². The summed E-state index contributed by atoms with van der Waals surface area (Å²) < 4.78 is 0. The van der Waals surface area contributed by atoms with Crippen LogP contribution in [0.2, 0.25) is 0 Å². The van der Waals surface area contributed by atoms with Crippen LogP contribution in [0, 0.1) is 0 Å². The number of carbonyl (C=O) groups is 1. The number of hydrogen-bond donors (Lipinski definition) is 1. The van der Waals surface area contributed by atoms with Gasteiger partial charge in [0.25, 0.3) is 0 Å². The highest BCUT2D eigenvalue weighted by molar-refractivity contribution is 5.98. The molecule has 0 bridgehead atoms. The lowest BCUT2D eigenvalue weighted by Gasteiger charge is -2.06. The van der Waals surface area contributed by atoms with Crippen LogP contribution < -0.4 is 0 Å². The van der Waals surface area contributed by atoms with Crippen molar-refractivity contribution in [1.29, 1.82) is 0 Å². The average Bonchev–Trinajstić information content (AvgIpc) is 2.58. The number of unbranched alkanes of at least 4 members (excludes halogenated alkanes) is 4. The molecule has 24 heavy (non-hydrogen) atoms. The van der Waals surface area contributed by atoms with Crippen LogP contribution in [0.5, 0.6) is 0 Å². The molecule has 0 saturated carbocycles. The average molecular weight is 320 g/mol. The lowest BCUT2D eigenvalue weighted by Crippen LogP contribution is -1.93. The Morgan fingerprint density at radius 3 is 2.08 bits per heavy atom. The fourth-order valence-electron chi connectivity index (χ4n) is 3.28. The molecule has 1 N–H and O–H groups in total. The third-order valence-corrected chi connectivity index (χ3v) is 4.63. The van der Waals surface area contributed by atoms with Crippen LogP contribution in [-0.4, -0.2) is 11.1 Å². The molecule has 0 radical (unpaired) electrons. The van der Waals surface area contributed by atoms with Gasteiger partial charge in [-0.1, -0.05) is 61.7 Å². The van der Waals surface area contributed by atoms with Crippen LogP contribution in [0.4, 0.5) is 0 Å². The molecule has 3 rings (SSSR count). The highest BCUT2D eigenvalue weighted by atomic mass is 16.4. The summed E-state index contributed by atoms with van der Waals surface area (Å²) in [5.41, 5.74) is 1.39. The molecule has 0 atom stereocenters. The number of fused-ring (bicyclic) bond motifs is 2. The minimum Gasteiger partial charge on any atom is -0.481 e.